The average molecular weight is 285 g/mol. The van der Waals surface area contributed by atoms with Crippen molar-refractivity contribution >= 4 is 17.9 Å². The van der Waals surface area contributed by atoms with E-state index in [1.54, 1.807) is 6.07 Å². The zero-order valence-corrected chi connectivity index (χ0v) is 11.3. The van der Waals surface area contributed by atoms with Crippen LogP contribution in [0.25, 0.3) is 0 Å². The van der Waals surface area contributed by atoms with Gasteiger partial charge in [0.15, 0.2) is 24.4 Å². The summed E-state index contributed by atoms with van der Waals surface area (Å²) >= 11 is 0. The Morgan fingerprint density at radius 1 is 1.00 bits per heavy atom. The van der Waals surface area contributed by atoms with Crippen LogP contribution < -0.4 is 0 Å². The number of carbonyl (C=O) groups excluding carboxylic acids is 3. The van der Waals surface area contributed by atoms with Gasteiger partial charge in [0.25, 0.3) is 0 Å². The summed E-state index contributed by atoms with van der Waals surface area (Å²) in [5.74, 6) is -1.92. The monoisotopic (exact) mass is 285 g/mol. The number of ether oxygens (including phenoxy) is 4. The molecule has 1 aliphatic heterocycles. The molecule has 0 radical (unpaired) electrons. The lowest BCUT2D eigenvalue weighted by Gasteiger charge is -2.37. The van der Waals surface area contributed by atoms with Gasteiger partial charge in [-0.15, -0.1) is 0 Å². The normalized spacial score (nSPS) is 28.9. The van der Waals surface area contributed by atoms with Crippen LogP contribution in [-0.4, -0.2) is 48.9 Å². The van der Waals surface area contributed by atoms with Crippen molar-refractivity contribution in [2.24, 2.45) is 0 Å². The van der Waals surface area contributed by atoms with E-state index in [1.807, 2.05) is 0 Å². The maximum Gasteiger partial charge on any atom is 0.303 e. The standard InChI is InChI=1S/C12H15NO7/c1-6(14)18-10-5-17-9(4-13)11(19-7(2)15)12(10)20-8(3)16/h9-12H,5H2,1-3H3/t9-,10-,11-,12-/m0/s1. The maximum atomic E-state index is 11.1. The highest BCUT2D eigenvalue weighted by Crippen LogP contribution is 2.24. The number of nitriles is 1. The summed E-state index contributed by atoms with van der Waals surface area (Å²) in [5.41, 5.74) is 0. The molecule has 0 N–H and O–H groups in total. The summed E-state index contributed by atoms with van der Waals surface area (Å²) in [7, 11) is 0. The molecule has 0 aromatic heterocycles. The van der Waals surface area contributed by atoms with Crippen molar-refractivity contribution < 1.29 is 33.3 Å². The van der Waals surface area contributed by atoms with Crippen LogP contribution in [0.15, 0.2) is 0 Å². The predicted molar refractivity (Wildman–Crippen MR) is 62.0 cm³/mol. The van der Waals surface area contributed by atoms with Gasteiger partial charge in [-0.3, -0.25) is 14.4 Å². The first-order valence-electron chi connectivity index (χ1n) is 5.88. The molecule has 0 spiro atoms. The first kappa shape index (κ1) is 15.9. The molecule has 8 nitrogen and oxygen atoms in total. The van der Waals surface area contributed by atoms with Gasteiger partial charge in [0.05, 0.1) is 12.7 Å². The van der Waals surface area contributed by atoms with Gasteiger partial charge in [0.2, 0.25) is 0 Å². The number of nitrogens with zero attached hydrogens (tertiary/aromatic N) is 1. The Morgan fingerprint density at radius 2 is 1.50 bits per heavy atom. The SMILES string of the molecule is CC(=O)O[C@@H]1[C@@H](OC(C)=O)[C@@H](OC(C)=O)CO[C@H]1C#N. The second kappa shape index (κ2) is 6.86. The van der Waals surface area contributed by atoms with Crippen LogP contribution >= 0.6 is 0 Å². The zero-order valence-electron chi connectivity index (χ0n) is 11.3. The average Bonchev–Trinajstić information content (AvgIpc) is 2.31. The Morgan fingerprint density at radius 3 is 1.95 bits per heavy atom. The Hall–Kier alpha value is -2.14. The highest BCUT2D eigenvalue weighted by Gasteiger charge is 2.46. The number of rotatable bonds is 3. The van der Waals surface area contributed by atoms with E-state index in [0.29, 0.717) is 0 Å². The van der Waals surface area contributed by atoms with E-state index in [1.165, 1.54) is 6.92 Å². The summed E-state index contributed by atoms with van der Waals surface area (Å²) < 4.78 is 20.1. The lowest BCUT2D eigenvalue weighted by Crippen LogP contribution is -2.57. The van der Waals surface area contributed by atoms with Gasteiger partial charge in [-0.05, 0) is 0 Å². The fourth-order valence-corrected chi connectivity index (χ4v) is 1.85. The van der Waals surface area contributed by atoms with Crippen LogP contribution in [0.3, 0.4) is 0 Å². The highest BCUT2D eigenvalue weighted by molar-refractivity contribution is 5.68. The van der Waals surface area contributed by atoms with E-state index in [4.69, 9.17) is 24.2 Å². The first-order chi connectivity index (χ1) is 9.35. The largest absolute Gasteiger partial charge is 0.456 e. The molecule has 0 unspecified atom stereocenters. The van der Waals surface area contributed by atoms with Crippen molar-refractivity contribution in [3.8, 4) is 6.07 Å². The molecular weight excluding hydrogens is 270 g/mol. The Bertz CT molecular complexity index is 442. The Labute approximate surface area is 115 Å². The second-order valence-electron chi connectivity index (χ2n) is 4.18. The highest BCUT2D eigenvalue weighted by atomic mass is 16.6. The number of hydrogen-bond acceptors (Lipinski definition) is 8. The summed E-state index contributed by atoms with van der Waals surface area (Å²) in [6.07, 6.45) is -4.28. The summed E-state index contributed by atoms with van der Waals surface area (Å²) in [4.78, 5) is 33.3. The van der Waals surface area contributed by atoms with Crippen molar-refractivity contribution in [3.63, 3.8) is 0 Å². The minimum absolute atomic E-state index is 0.131. The van der Waals surface area contributed by atoms with E-state index < -0.39 is 42.3 Å². The zero-order chi connectivity index (χ0) is 15.3. The number of hydrogen-bond donors (Lipinski definition) is 0. The van der Waals surface area contributed by atoms with E-state index >= 15 is 0 Å². The molecule has 1 aliphatic rings. The summed E-state index contributed by atoms with van der Waals surface area (Å²) in [5, 5.41) is 8.98. The third-order valence-corrected chi connectivity index (χ3v) is 2.48. The summed E-state index contributed by atoms with van der Waals surface area (Å²) in [6, 6.07) is 1.81. The molecule has 0 saturated carbocycles. The molecule has 4 atom stereocenters. The van der Waals surface area contributed by atoms with Crippen molar-refractivity contribution in [1.82, 2.24) is 0 Å². The van der Waals surface area contributed by atoms with Crippen molar-refractivity contribution in [2.45, 2.75) is 45.2 Å². The molecule has 0 bridgehead atoms. The van der Waals surface area contributed by atoms with Gasteiger partial charge in [-0.25, -0.2) is 0 Å². The van der Waals surface area contributed by atoms with E-state index in [0.717, 1.165) is 13.8 Å². The van der Waals surface area contributed by atoms with Gasteiger partial charge >= 0.3 is 17.9 Å². The third kappa shape index (κ3) is 4.20. The molecule has 0 aromatic carbocycles. The first-order valence-corrected chi connectivity index (χ1v) is 5.88. The third-order valence-electron chi connectivity index (χ3n) is 2.48. The van der Waals surface area contributed by atoms with Gasteiger partial charge in [-0.1, -0.05) is 0 Å². The lowest BCUT2D eigenvalue weighted by molar-refractivity contribution is -0.217. The number of esters is 3. The lowest BCUT2D eigenvalue weighted by atomic mass is 10.00. The summed E-state index contributed by atoms with van der Waals surface area (Å²) in [6.45, 7) is 3.36. The Balaban J connectivity index is 2.99. The quantitative estimate of drug-likeness (QED) is 0.513. The topological polar surface area (TPSA) is 112 Å². The van der Waals surface area contributed by atoms with E-state index in [9.17, 15) is 14.4 Å². The molecule has 0 amide bonds. The molecule has 1 heterocycles. The van der Waals surface area contributed by atoms with Crippen LogP contribution in [0.4, 0.5) is 0 Å². The van der Waals surface area contributed by atoms with Gasteiger partial charge in [-0.2, -0.15) is 5.26 Å². The minimum Gasteiger partial charge on any atom is -0.456 e. The van der Waals surface area contributed by atoms with Gasteiger partial charge in [0, 0.05) is 20.8 Å². The van der Waals surface area contributed by atoms with Crippen molar-refractivity contribution in [3.05, 3.63) is 0 Å². The number of carbonyl (C=O) groups is 3. The Kier molecular flexibility index (Phi) is 5.46. The molecule has 8 heteroatoms. The molecule has 0 aromatic rings. The minimum atomic E-state index is -1.15. The van der Waals surface area contributed by atoms with Crippen LogP contribution in [0, 0.1) is 11.3 Å². The van der Waals surface area contributed by atoms with Crippen LogP contribution in [0.2, 0.25) is 0 Å². The second-order valence-corrected chi connectivity index (χ2v) is 4.18. The van der Waals surface area contributed by atoms with Crippen LogP contribution in [0.1, 0.15) is 20.8 Å². The molecular formula is C12H15NO7. The van der Waals surface area contributed by atoms with Crippen LogP contribution in [-0.2, 0) is 33.3 Å². The molecule has 20 heavy (non-hydrogen) atoms. The van der Waals surface area contributed by atoms with E-state index in [-0.39, 0.29) is 6.61 Å². The van der Waals surface area contributed by atoms with E-state index in [2.05, 4.69) is 0 Å². The smallest absolute Gasteiger partial charge is 0.303 e. The predicted octanol–water partition coefficient (Wildman–Crippen LogP) is -0.296. The van der Waals surface area contributed by atoms with Gasteiger partial charge < -0.3 is 18.9 Å². The molecule has 0 aliphatic carbocycles. The van der Waals surface area contributed by atoms with Crippen molar-refractivity contribution in [1.29, 1.82) is 5.26 Å². The fourth-order valence-electron chi connectivity index (χ4n) is 1.85. The van der Waals surface area contributed by atoms with Crippen LogP contribution in [0.5, 0.6) is 0 Å². The molecule has 1 saturated heterocycles. The molecule has 1 rings (SSSR count). The fraction of sp³-hybridized carbons (Fsp3) is 0.667. The van der Waals surface area contributed by atoms with Gasteiger partial charge in [0.1, 0.15) is 0 Å². The molecule has 1 fully saturated rings. The van der Waals surface area contributed by atoms with Crippen molar-refractivity contribution in [2.75, 3.05) is 6.61 Å². The molecule has 110 valence electrons. The maximum absolute atomic E-state index is 11.1.